The molecule has 0 spiro atoms. The van der Waals surface area contributed by atoms with Crippen molar-refractivity contribution < 1.29 is 18.7 Å². The summed E-state index contributed by atoms with van der Waals surface area (Å²) in [6.07, 6.45) is 1.40. The van der Waals surface area contributed by atoms with E-state index in [2.05, 4.69) is 39.2 Å². The Morgan fingerprint density at radius 1 is 1.19 bits per heavy atom. The number of hydrogen-bond acceptors (Lipinski definition) is 4. The molecule has 7 heteroatoms. The summed E-state index contributed by atoms with van der Waals surface area (Å²) in [5.41, 5.74) is 6.44. The van der Waals surface area contributed by atoms with Crippen LogP contribution in [0.15, 0.2) is 30.3 Å². The van der Waals surface area contributed by atoms with E-state index < -0.39 is 19.9 Å². The molecule has 0 saturated carbocycles. The van der Waals surface area contributed by atoms with E-state index in [9.17, 15) is 9.18 Å². The van der Waals surface area contributed by atoms with Crippen LogP contribution in [0, 0.1) is 5.92 Å². The number of hydrogen-bond donors (Lipinski definition) is 3. The van der Waals surface area contributed by atoms with Gasteiger partial charge in [-0.1, -0.05) is 51.1 Å². The second-order valence-corrected chi connectivity index (χ2v) is 15.7. The first kappa shape index (κ1) is 28.7. The molecule has 1 amide bonds. The highest BCUT2D eigenvalue weighted by Gasteiger charge is 2.41. The van der Waals surface area contributed by atoms with Crippen molar-refractivity contribution >= 4 is 14.2 Å². The minimum atomic E-state index is -2.16. The molecule has 32 heavy (non-hydrogen) atoms. The van der Waals surface area contributed by atoms with Crippen molar-refractivity contribution in [2.75, 3.05) is 13.2 Å². The normalized spacial score (nSPS) is 15.8. The molecule has 0 aliphatic carbocycles. The summed E-state index contributed by atoms with van der Waals surface area (Å²) in [5.74, 6) is -0.618. The first-order valence-electron chi connectivity index (χ1n) is 11.7. The Labute approximate surface area is 195 Å². The third-order valence-electron chi connectivity index (χ3n) is 6.43. The molecule has 3 unspecified atom stereocenters. The van der Waals surface area contributed by atoms with E-state index >= 15 is 0 Å². The molecule has 0 aromatic heterocycles. The average Bonchev–Trinajstić information content (AvgIpc) is 2.67. The van der Waals surface area contributed by atoms with Crippen molar-refractivity contribution in [3.05, 3.63) is 35.9 Å². The van der Waals surface area contributed by atoms with Gasteiger partial charge in [0.2, 0.25) is 5.91 Å². The Morgan fingerprint density at radius 3 is 2.28 bits per heavy atom. The predicted molar refractivity (Wildman–Crippen MR) is 133 cm³/mol. The van der Waals surface area contributed by atoms with Crippen molar-refractivity contribution in [3.63, 3.8) is 0 Å². The van der Waals surface area contributed by atoms with Gasteiger partial charge in [0.15, 0.2) is 8.32 Å². The van der Waals surface area contributed by atoms with Crippen LogP contribution < -0.4 is 11.1 Å². The van der Waals surface area contributed by atoms with Gasteiger partial charge in [-0.15, -0.1) is 0 Å². The quantitative estimate of drug-likeness (QED) is 0.370. The van der Waals surface area contributed by atoms with Crippen molar-refractivity contribution in [1.82, 2.24) is 5.32 Å². The lowest BCUT2D eigenvalue weighted by Crippen LogP contribution is -2.51. The number of aliphatic hydroxyl groups excluding tert-OH is 1. The number of alkyl halides is 1. The van der Waals surface area contributed by atoms with Gasteiger partial charge in [-0.2, -0.15) is 0 Å². The van der Waals surface area contributed by atoms with Gasteiger partial charge < -0.3 is 20.6 Å². The van der Waals surface area contributed by atoms with Gasteiger partial charge in [0.25, 0.3) is 0 Å². The number of nitrogens with two attached hydrogens (primary N) is 1. The Bertz CT molecular complexity index is 687. The summed E-state index contributed by atoms with van der Waals surface area (Å²) in [6.45, 7) is 14.0. The van der Waals surface area contributed by atoms with Crippen LogP contribution in [0.4, 0.5) is 4.39 Å². The molecule has 1 aromatic carbocycles. The SMILES string of the molecule is CC(C)(F)CCC(CC(O[Si](C)(C)C(C)(C)C)C(N)Cc1ccccc1)C(=O)NCCO. The van der Waals surface area contributed by atoms with Gasteiger partial charge in [-0.25, -0.2) is 4.39 Å². The summed E-state index contributed by atoms with van der Waals surface area (Å²) in [7, 11) is -2.16. The first-order valence-corrected chi connectivity index (χ1v) is 14.6. The highest BCUT2D eigenvalue weighted by molar-refractivity contribution is 6.74. The van der Waals surface area contributed by atoms with Crippen LogP contribution in [0.5, 0.6) is 0 Å². The van der Waals surface area contributed by atoms with Crippen molar-refractivity contribution in [2.24, 2.45) is 11.7 Å². The number of carbonyl (C=O) groups is 1. The van der Waals surface area contributed by atoms with Gasteiger partial charge >= 0.3 is 0 Å². The van der Waals surface area contributed by atoms with E-state index in [1.807, 2.05) is 30.3 Å². The van der Waals surface area contributed by atoms with Crippen LogP contribution in [0.3, 0.4) is 0 Å². The van der Waals surface area contributed by atoms with Gasteiger partial charge in [-0.3, -0.25) is 4.79 Å². The fourth-order valence-electron chi connectivity index (χ4n) is 3.36. The molecule has 5 nitrogen and oxygen atoms in total. The monoisotopic (exact) mass is 468 g/mol. The zero-order chi connectivity index (χ0) is 24.6. The largest absolute Gasteiger partial charge is 0.412 e. The van der Waals surface area contributed by atoms with E-state index in [0.29, 0.717) is 19.3 Å². The number of amides is 1. The molecule has 0 fully saturated rings. The van der Waals surface area contributed by atoms with E-state index in [1.165, 1.54) is 13.8 Å². The summed E-state index contributed by atoms with van der Waals surface area (Å²) in [6, 6.07) is 9.73. The second kappa shape index (κ2) is 12.3. The van der Waals surface area contributed by atoms with Crippen LogP contribution in [0.1, 0.15) is 59.4 Å². The maximum absolute atomic E-state index is 14.3. The molecular formula is C25H45FN2O3Si. The Balaban J connectivity index is 3.14. The molecule has 184 valence electrons. The van der Waals surface area contributed by atoms with E-state index in [4.69, 9.17) is 15.3 Å². The fraction of sp³-hybridized carbons (Fsp3) is 0.720. The smallest absolute Gasteiger partial charge is 0.223 e. The zero-order valence-electron chi connectivity index (χ0n) is 21.1. The number of benzene rings is 1. The lowest BCUT2D eigenvalue weighted by molar-refractivity contribution is -0.126. The van der Waals surface area contributed by atoms with Gasteiger partial charge in [0, 0.05) is 18.5 Å². The third kappa shape index (κ3) is 10.1. The number of halogens is 1. The van der Waals surface area contributed by atoms with Crippen molar-refractivity contribution in [2.45, 2.75) is 96.2 Å². The molecule has 1 aromatic rings. The van der Waals surface area contributed by atoms with Crippen LogP contribution in [-0.4, -0.2) is 50.3 Å². The Hall–Kier alpha value is -1.28. The van der Waals surface area contributed by atoms with Gasteiger partial charge in [0.1, 0.15) is 5.67 Å². The molecule has 0 aliphatic rings. The average molecular weight is 469 g/mol. The minimum absolute atomic E-state index is 0.00666. The third-order valence-corrected chi connectivity index (χ3v) is 10.9. The molecular weight excluding hydrogens is 423 g/mol. The van der Waals surface area contributed by atoms with Crippen LogP contribution in [0.25, 0.3) is 0 Å². The maximum Gasteiger partial charge on any atom is 0.223 e. The van der Waals surface area contributed by atoms with Crippen molar-refractivity contribution in [3.8, 4) is 0 Å². The van der Waals surface area contributed by atoms with Gasteiger partial charge in [-0.05, 0) is 63.2 Å². The van der Waals surface area contributed by atoms with Crippen LogP contribution in [-0.2, 0) is 15.6 Å². The van der Waals surface area contributed by atoms with Crippen LogP contribution >= 0.6 is 0 Å². The second-order valence-electron chi connectivity index (χ2n) is 11.0. The standard InChI is InChI=1S/C25H45FN2O3Si/c1-24(2,3)32(6,7)31-22(21(27)17-19-11-9-8-10-12-19)18-20(13-14-25(4,5)26)23(30)28-15-16-29/h8-12,20-22,29H,13-18,27H2,1-7H3,(H,28,30). The fourth-order valence-corrected chi connectivity index (χ4v) is 4.74. The molecule has 0 saturated heterocycles. The summed E-state index contributed by atoms with van der Waals surface area (Å²) in [5, 5.41) is 11.9. The summed E-state index contributed by atoms with van der Waals surface area (Å²) < 4.78 is 21.0. The predicted octanol–water partition coefficient (Wildman–Crippen LogP) is 4.59. The van der Waals surface area contributed by atoms with Crippen molar-refractivity contribution in [1.29, 1.82) is 0 Å². The van der Waals surface area contributed by atoms with E-state index in [0.717, 1.165) is 5.56 Å². The summed E-state index contributed by atoms with van der Waals surface area (Å²) >= 11 is 0. The van der Waals surface area contributed by atoms with E-state index in [-0.39, 0.29) is 42.7 Å². The van der Waals surface area contributed by atoms with Gasteiger partial charge in [0.05, 0.1) is 12.7 Å². The molecule has 0 aliphatic heterocycles. The van der Waals surface area contributed by atoms with E-state index in [1.54, 1.807) is 0 Å². The highest BCUT2D eigenvalue weighted by atomic mass is 28.4. The lowest BCUT2D eigenvalue weighted by Gasteiger charge is -2.41. The highest BCUT2D eigenvalue weighted by Crippen LogP contribution is 2.39. The van der Waals surface area contributed by atoms with Crippen LogP contribution in [0.2, 0.25) is 18.1 Å². The molecule has 4 N–H and O–H groups in total. The maximum atomic E-state index is 14.3. The topological polar surface area (TPSA) is 84.6 Å². The zero-order valence-corrected chi connectivity index (χ0v) is 22.1. The molecule has 1 rings (SSSR count). The molecule has 0 heterocycles. The molecule has 0 radical (unpaired) electrons. The number of nitrogens with one attached hydrogen (secondary N) is 1. The first-order chi connectivity index (χ1) is 14.7. The number of carbonyl (C=O) groups excluding carboxylic acids is 1. The Morgan fingerprint density at radius 2 is 1.78 bits per heavy atom. The minimum Gasteiger partial charge on any atom is -0.412 e. The molecule has 0 bridgehead atoms. The molecule has 3 atom stereocenters. The number of rotatable bonds is 13. The summed E-state index contributed by atoms with van der Waals surface area (Å²) in [4.78, 5) is 12.9. The lowest BCUT2D eigenvalue weighted by atomic mass is 9.88. The Kier molecular flexibility index (Phi) is 11.0. The number of aliphatic hydroxyl groups is 1.